The summed E-state index contributed by atoms with van der Waals surface area (Å²) in [5, 5.41) is 8.01. The highest BCUT2D eigenvalue weighted by Gasteiger charge is 2.42. The minimum atomic E-state index is -3.66. The van der Waals surface area contributed by atoms with E-state index in [9.17, 15) is 13.2 Å². The fourth-order valence-electron chi connectivity index (χ4n) is 3.68. The Hall–Kier alpha value is -1.40. The molecular weight excluding hydrogens is 288 g/mol. The van der Waals surface area contributed by atoms with Gasteiger partial charge in [0.2, 0.25) is 15.9 Å². The van der Waals surface area contributed by atoms with Gasteiger partial charge in [-0.2, -0.15) is 0 Å². The summed E-state index contributed by atoms with van der Waals surface area (Å²) in [6.45, 7) is 0.428. The van der Waals surface area contributed by atoms with E-state index in [1.807, 2.05) is 0 Å². The Labute approximate surface area is 125 Å². The van der Waals surface area contributed by atoms with E-state index in [0.29, 0.717) is 12.5 Å². The molecule has 114 valence electrons. The third-order valence-corrected chi connectivity index (χ3v) is 5.72. The number of hydrogen-bond acceptors (Lipinski definition) is 3. The van der Waals surface area contributed by atoms with Crippen LogP contribution < -0.4 is 10.5 Å². The number of carbonyl (C=O) groups excluding carboxylic acids is 1. The molecule has 0 spiro atoms. The second-order valence-electron chi connectivity index (χ2n) is 6.19. The molecular formula is C15H20N2O3S. The molecule has 2 aliphatic rings. The molecule has 21 heavy (non-hydrogen) atoms. The highest BCUT2D eigenvalue weighted by molar-refractivity contribution is 7.89. The zero-order chi connectivity index (χ0) is 15.0. The Bertz CT molecular complexity index is 639. The molecule has 2 bridgehead atoms. The van der Waals surface area contributed by atoms with Crippen molar-refractivity contribution in [2.45, 2.75) is 37.1 Å². The van der Waals surface area contributed by atoms with Crippen LogP contribution in [0.15, 0.2) is 29.2 Å². The molecule has 3 N–H and O–H groups in total. The van der Waals surface area contributed by atoms with Crippen molar-refractivity contribution in [2.75, 3.05) is 0 Å². The summed E-state index contributed by atoms with van der Waals surface area (Å²) in [7, 11) is -3.66. The summed E-state index contributed by atoms with van der Waals surface area (Å²) in [6.07, 6.45) is 4.71. The summed E-state index contributed by atoms with van der Waals surface area (Å²) in [6, 6.07) is 6.30. The summed E-state index contributed by atoms with van der Waals surface area (Å²) < 4.78 is 22.3. The molecule has 3 unspecified atom stereocenters. The van der Waals surface area contributed by atoms with E-state index < -0.39 is 10.0 Å². The maximum atomic E-state index is 12.2. The van der Waals surface area contributed by atoms with Crippen molar-refractivity contribution >= 4 is 15.9 Å². The molecule has 1 aromatic rings. The third-order valence-electron chi connectivity index (χ3n) is 4.79. The lowest BCUT2D eigenvalue weighted by Crippen LogP contribution is -2.33. The number of fused-ring (bicyclic) bond motifs is 2. The number of hydrogen-bond donors (Lipinski definition) is 2. The third kappa shape index (κ3) is 3.11. The van der Waals surface area contributed by atoms with E-state index in [4.69, 9.17) is 5.14 Å². The smallest absolute Gasteiger partial charge is 0.238 e. The largest absolute Gasteiger partial charge is 0.352 e. The molecule has 0 heterocycles. The normalized spacial score (nSPS) is 27.8. The van der Waals surface area contributed by atoms with Crippen LogP contribution in [0.25, 0.3) is 0 Å². The lowest BCUT2D eigenvalue weighted by Gasteiger charge is -2.20. The highest BCUT2D eigenvalue weighted by atomic mass is 32.2. The molecule has 0 aromatic heterocycles. The Balaban J connectivity index is 1.56. The van der Waals surface area contributed by atoms with E-state index in [1.54, 1.807) is 12.1 Å². The van der Waals surface area contributed by atoms with Crippen molar-refractivity contribution < 1.29 is 13.2 Å². The highest BCUT2D eigenvalue weighted by Crippen LogP contribution is 2.48. The maximum Gasteiger partial charge on any atom is 0.238 e. The quantitative estimate of drug-likeness (QED) is 0.880. The van der Waals surface area contributed by atoms with Crippen molar-refractivity contribution in [3.8, 4) is 0 Å². The van der Waals surface area contributed by atoms with Crippen LogP contribution >= 0.6 is 0 Å². The van der Waals surface area contributed by atoms with Crippen LogP contribution in [0.5, 0.6) is 0 Å². The van der Waals surface area contributed by atoms with Gasteiger partial charge in [0.25, 0.3) is 0 Å². The number of rotatable bonds is 4. The standard InChI is InChI=1S/C15H20N2O3S/c16-21(19,20)13-5-2-10(3-6-13)9-17-15(18)14-8-11-1-4-12(14)7-11/h2-3,5-6,11-12,14H,1,4,7-9H2,(H,17,18)(H2,16,19,20). The summed E-state index contributed by atoms with van der Waals surface area (Å²) in [4.78, 5) is 12.3. The van der Waals surface area contributed by atoms with Crippen molar-refractivity contribution in [2.24, 2.45) is 22.9 Å². The van der Waals surface area contributed by atoms with Crippen LogP contribution in [0, 0.1) is 17.8 Å². The van der Waals surface area contributed by atoms with Crippen LogP contribution in [0.3, 0.4) is 0 Å². The van der Waals surface area contributed by atoms with Crippen molar-refractivity contribution in [1.29, 1.82) is 0 Å². The molecule has 0 radical (unpaired) electrons. The van der Waals surface area contributed by atoms with Gasteiger partial charge in [0.15, 0.2) is 0 Å². The second-order valence-corrected chi connectivity index (χ2v) is 7.75. The molecule has 3 rings (SSSR count). The molecule has 2 fully saturated rings. The molecule has 0 aliphatic heterocycles. The Morgan fingerprint density at radius 3 is 2.43 bits per heavy atom. The molecule has 3 atom stereocenters. The van der Waals surface area contributed by atoms with Gasteiger partial charge in [-0.3, -0.25) is 4.79 Å². The topological polar surface area (TPSA) is 89.3 Å². The van der Waals surface area contributed by atoms with Crippen molar-refractivity contribution in [3.05, 3.63) is 29.8 Å². The Morgan fingerprint density at radius 2 is 1.90 bits per heavy atom. The average Bonchev–Trinajstić information content (AvgIpc) is 3.07. The first kappa shape index (κ1) is 14.5. The summed E-state index contributed by atoms with van der Waals surface area (Å²) in [5.74, 6) is 1.63. The van der Waals surface area contributed by atoms with Gasteiger partial charge in [0.1, 0.15) is 0 Å². The van der Waals surface area contributed by atoms with Gasteiger partial charge in [-0.1, -0.05) is 18.6 Å². The minimum Gasteiger partial charge on any atom is -0.352 e. The molecule has 5 nitrogen and oxygen atoms in total. The van der Waals surface area contributed by atoms with E-state index in [2.05, 4.69) is 5.32 Å². The molecule has 1 aromatic carbocycles. The van der Waals surface area contributed by atoms with Gasteiger partial charge in [0, 0.05) is 12.5 Å². The van der Waals surface area contributed by atoms with Crippen molar-refractivity contribution in [1.82, 2.24) is 5.32 Å². The zero-order valence-corrected chi connectivity index (χ0v) is 12.6. The number of nitrogens with two attached hydrogens (primary N) is 1. The van der Waals surface area contributed by atoms with Gasteiger partial charge in [-0.15, -0.1) is 0 Å². The van der Waals surface area contributed by atoms with E-state index in [0.717, 1.165) is 17.9 Å². The van der Waals surface area contributed by atoms with Gasteiger partial charge in [-0.05, 0) is 48.8 Å². The Morgan fingerprint density at radius 1 is 1.19 bits per heavy atom. The van der Waals surface area contributed by atoms with Crippen LogP contribution in [0.4, 0.5) is 0 Å². The van der Waals surface area contributed by atoms with Crippen LogP contribution in [-0.2, 0) is 21.4 Å². The first-order valence-corrected chi connectivity index (χ1v) is 8.87. The molecule has 2 aliphatic carbocycles. The fourth-order valence-corrected chi connectivity index (χ4v) is 4.20. The maximum absolute atomic E-state index is 12.2. The van der Waals surface area contributed by atoms with Crippen molar-refractivity contribution in [3.63, 3.8) is 0 Å². The predicted molar refractivity (Wildman–Crippen MR) is 78.6 cm³/mol. The van der Waals surface area contributed by atoms with Gasteiger partial charge >= 0.3 is 0 Å². The zero-order valence-electron chi connectivity index (χ0n) is 11.8. The predicted octanol–water partition coefficient (Wildman–Crippen LogP) is 1.39. The van der Waals surface area contributed by atoms with E-state index in [-0.39, 0.29) is 16.7 Å². The first-order chi connectivity index (χ1) is 9.93. The first-order valence-electron chi connectivity index (χ1n) is 7.33. The van der Waals surface area contributed by atoms with Gasteiger partial charge < -0.3 is 5.32 Å². The number of sulfonamides is 1. The molecule has 0 saturated heterocycles. The summed E-state index contributed by atoms with van der Waals surface area (Å²) in [5.41, 5.74) is 0.874. The lowest BCUT2D eigenvalue weighted by atomic mass is 9.88. The van der Waals surface area contributed by atoms with E-state index in [1.165, 1.54) is 31.4 Å². The SMILES string of the molecule is NS(=O)(=O)c1ccc(CNC(=O)C2CC3CCC2C3)cc1. The molecule has 2 saturated carbocycles. The van der Waals surface area contributed by atoms with Crippen LogP contribution in [0.1, 0.15) is 31.2 Å². The second kappa shape index (κ2) is 5.42. The molecule has 6 heteroatoms. The average molecular weight is 308 g/mol. The number of amides is 1. The van der Waals surface area contributed by atoms with Crippen LogP contribution in [-0.4, -0.2) is 14.3 Å². The lowest BCUT2D eigenvalue weighted by molar-refractivity contribution is -0.126. The monoisotopic (exact) mass is 308 g/mol. The van der Waals surface area contributed by atoms with Gasteiger partial charge in [0.05, 0.1) is 4.90 Å². The number of primary sulfonamides is 1. The fraction of sp³-hybridized carbons (Fsp3) is 0.533. The van der Waals surface area contributed by atoms with E-state index >= 15 is 0 Å². The Kier molecular flexibility index (Phi) is 3.75. The number of benzene rings is 1. The minimum absolute atomic E-state index is 0.0886. The van der Waals surface area contributed by atoms with Gasteiger partial charge in [-0.25, -0.2) is 13.6 Å². The summed E-state index contributed by atoms with van der Waals surface area (Å²) >= 11 is 0. The molecule has 1 amide bonds. The number of carbonyl (C=O) groups is 1. The number of nitrogens with one attached hydrogen (secondary N) is 1. The van der Waals surface area contributed by atoms with Crippen LogP contribution in [0.2, 0.25) is 0 Å².